The molecule has 1 aromatic carbocycles. The maximum absolute atomic E-state index is 12.1. The van der Waals surface area contributed by atoms with Crippen molar-refractivity contribution in [1.29, 1.82) is 0 Å². The predicted molar refractivity (Wildman–Crippen MR) is 90.8 cm³/mol. The Bertz CT molecular complexity index is 857. The molecule has 0 radical (unpaired) electrons. The molecular weight excluding hydrogens is 334 g/mol. The zero-order chi connectivity index (χ0) is 16.2. The average Bonchev–Trinajstić information content (AvgIpc) is 3.13. The van der Waals surface area contributed by atoms with Crippen LogP contribution in [-0.2, 0) is 4.79 Å². The molecule has 0 aliphatic carbocycles. The highest BCUT2D eigenvalue weighted by Gasteiger charge is 2.15. The number of carbonyl (C=O) groups excluding carboxylic acids is 2. The first-order chi connectivity index (χ1) is 11.2. The van der Waals surface area contributed by atoms with Crippen LogP contribution in [0.25, 0.3) is 4.96 Å². The van der Waals surface area contributed by atoms with E-state index in [1.165, 1.54) is 23.1 Å². The van der Waals surface area contributed by atoms with Crippen molar-refractivity contribution in [3.8, 4) is 5.75 Å². The number of imidazole rings is 1. The molecule has 3 aromatic rings. The molecule has 1 amide bonds. The van der Waals surface area contributed by atoms with Gasteiger partial charge in [-0.15, -0.1) is 11.3 Å². The molecule has 0 bridgehead atoms. The minimum atomic E-state index is -0.187. The van der Waals surface area contributed by atoms with Gasteiger partial charge in [0.1, 0.15) is 16.5 Å². The molecule has 23 heavy (non-hydrogen) atoms. The van der Waals surface area contributed by atoms with Crippen LogP contribution < -0.4 is 10.1 Å². The summed E-state index contributed by atoms with van der Waals surface area (Å²) >= 11 is 2.68. The van der Waals surface area contributed by atoms with Crippen molar-refractivity contribution in [2.45, 2.75) is 5.03 Å². The standard InChI is InChI=1S/C15H13N3O3S2/c1-21-12-5-3-2-4-10(12)16-13(20)9-23-14-11(8-19)18-6-7-22-15(18)17-14/h2-8H,9H2,1H3,(H,16,20). The molecular formula is C15H13N3O3S2. The lowest BCUT2D eigenvalue weighted by Crippen LogP contribution is -2.14. The number of thiazole rings is 1. The van der Waals surface area contributed by atoms with E-state index >= 15 is 0 Å². The van der Waals surface area contributed by atoms with Crippen LogP contribution in [0.5, 0.6) is 5.75 Å². The fraction of sp³-hybridized carbons (Fsp3) is 0.133. The van der Waals surface area contributed by atoms with Gasteiger partial charge in [-0.3, -0.25) is 14.0 Å². The lowest BCUT2D eigenvalue weighted by atomic mass is 10.3. The van der Waals surface area contributed by atoms with Crippen LogP contribution in [0.15, 0.2) is 40.9 Å². The van der Waals surface area contributed by atoms with Gasteiger partial charge in [0, 0.05) is 11.6 Å². The number of rotatable bonds is 6. The number of anilines is 1. The number of thioether (sulfide) groups is 1. The van der Waals surface area contributed by atoms with Crippen LogP contribution in [0.1, 0.15) is 10.5 Å². The largest absolute Gasteiger partial charge is 0.495 e. The number of amides is 1. The maximum Gasteiger partial charge on any atom is 0.234 e. The first kappa shape index (κ1) is 15.6. The zero-order valence-corrected chi connectivity index (χ0v) is 13.8. The van der Waals surface area contributed by atoms with Crippen molar-refractivity contribution in [1.82, 2.24) is 9.38 Å². The number of nitrogens with zero attached hydrogens (tertiary/aromatic N) is 2. The number of carbonyl (C=O) groups is 2. The summed E-state index contributed by atoms with van der Waals surface area (Å²) in [6, 6.07) is 7.19. The summed E-state index contributed by atoms with van der Waals surface area (Å²) in [4.78, 5) is 28.4. The van der Waals surface area contributed by atoms with Gasteiger partial charge in [0.05, 0.1) is 18.6 Å². The number of hydrogen-bond acceptors (Lipinski definition) is 6. The normalized spacial score (nSPS) is 10.7. The van der Waals surface area contributed by atoms with Crippen molar-refractivity contribution in [3.05, 3.63) is 41.5 Å². The number of para-hydroxylation sites is 2. The van der Waals surface area contributed by atoms with Crippen LogP contribution in [-0.4, -0.2) is 34.4 Å². The highest BCUT2D eigenvalue weighted by molar-refractivity contribution is 8.00. The zero-order valence-electron chi connectivity index (χ0n) is 12.2. The summed E-state index contributed by atoms with van der Waals surface area (Å²) in [6.07, 6.45) is 2.54. The number of hydrogen-bond donors (Lipinski definition) is 1. The van der Waals surface area contributed by atoms with Crippen LogP contribution in [0.2, 0.25) is 0 Å². The molecule has 8 heteroatoms. The smallest absolute Gasteiger partial charge is 0.234 e. The molecule has 0 fully saturated rings. The highest BCUT2D eigenvalue weighted by atomic mass is 32.2. The molecule has 2 aromatic heterocycles. The Hall–Kier alpha value is -2.32. The van der Waals surface area contributed by atoms with E-state index in [0.29, 0.717) is 22.2 Å². The number of nitrogens with one attached hydrogen (secondary N) is 1. The van der Waals surface area contributed by atoms with E-state index in [1.807, 2.05) is 17.5 Å². The van der Waals surface area contributed by atoms with Gasteiger partial charge in [0.2, 0.25) is 5.91 Å². The van der Waals surface area contributed by atoms with Gasteiger partial charge in [-0.05, 0) is 12.1 Å². The van der Waals surface area contributed by atoms with E-state index < -0.39 is 0 Å². The molecule has 0 saturated heterocycles. The van der Waals surface area contributed by atoms with E-state index in [0.717, 1.165) is 11.2 Å². The second-order valence-corrected chi connectivity index (χ2v) is 6.35. The van der Waals surface area contributed by atoms with Crippen molar-refractivity contribution in [2.75, 3.05) is 18.2 Å². The predicted octanol–water partition coefficient (Wildman–Crippen LogP) is 2.95. The quantitative estimate of drug-likeness (QED) is 0.548. The Morgan fingerprint density at radius 2 is 2.30 bits per heavy atom. The number of benzene rings is 1. The highest BCUT2D eigenvalue weighted by Crippen LogP contribution is 2.26. The van der Waals surface area contributed by atoms with E-state index in [1.54, 1.807) is 29.8 Å². The number of aldehydes is 1. The first-order valence-electron chi connectivity index (χ1n) is 6.69. The maximum atomic E-state index is 12.1. The summed E-state index contributed by atoms with van der Waals surface area (Å²) < 4.78 is 6.91. The molecule has 0 aliphatic rings. The fourth-order valence-electron chi connectivity index (χ4n) is 2.06. The second kappa shape index (κ2) is 6.84. The van der Waals surface area contributed by atoms with Gasteiger partial charge in [-0.1, -0.05) is 23.9 Å². The van der Waals surface area contributed by atoms with Crippen molar-refractivity contribution >= 4 is 45.9 Å². The Balaban J connectivity index is 1.68. The molecule has 6 nitrogen and oxygen atoms in total. The van der Waals surface area contributed by atoms with E-state index in [9.17, 15) is 9.59 Å². The molecule has 3 rings (SSSR count). The number of methoxy groups -OCH3 is 1. The summed E-state index contributed by atoms with van der Waals surface area (Å²) in [5.74, 6) is 0.568. The van der Waals surface area contributed by atoms with Gasteiger partial charge in [-0.2, -0.15) is 0 Å². The van der Waals surface area contributed by atoms with Gasteiger partial charge in [0.15, 0.2) is 11.2 Å². The molecule has 0 aliphatic heterocycles. The van der Waals surface area contributed by atoms with Gasteiger partial charge < -0.3 is 10.1 Å². The third-order valence-corrected chi connectivity index (χ3v) is 4.83. The molecule has 0 saturated carbocycles. The van der Waals surface area contributed by atoms with Crippen molar-refractivity contribution in [2.24, 2.45) is 0 Å². The minimum absolute atomic E-state index is 0.156. The van der Waals surface area contributed by atoms with Gasteiger partial charge >= 0.3 is 0 Å². The second-order valence-electron chi connectivity index (χ2n) is 4.51. The molecule has 0 spiro atoms. The van der Waals surface area contributed by atoms with E-state index in [-0.39, 0.29) is 11.7 Å². The Morgan fingerprint density at radius 3 is 3.09 bits per heavy atom. The molecule has 1 N–H and O–H groups in total. The van der Waals surface area contributed by atoms with Crippen LogP contribution in [0, 0.1) is 0 Å². The lowest BCUT2D eigenvalue weighted by Gasteiger charge is -2.09. The van der Waals surface area contributed by atoms with Crippen molar-refractivity contribution in [3.63, 3.8) is 0 Å². The summed E-state index contributed by atoms with van der Waals surface area (Å²) in [5.41, 5.74) is 1.08. The topological polar surface area (TPSA) is 72.7 Å². The summed E-state index contributed by atoms with van der Waals surface area (Å²) in [5, 5.41) is 5.21. The molecule has 0 atom stereocenters. The van der Waals surface area contributed by atoms with Gasteiger partial charge in [-0.25, -0.2) is 4.98 Å². The first-order valence-corrected chi connectivity index (χ1v) is 8.56. The fourth-order valence-corrected chi connectivity index (χ4v) is 3.63. The average molecular weight is 347 g/mol. The lowest BCUT2D eigenvalue weighted by molar-refractivity contribution is -0.113. The van der Waals surface area contributed by atoms with Crippen molar-refractivity contribution < 1.29 is 14.3 Å². The molecule has 0 unspecified atom stereocenters. The Kier molecular flexibility index (Phi) is 4.63. The third-order valence-electron chi connectivity index (χ3n) is 3.10. The van der Waals surface area contributed by atoms with E-state index in [4.69, 9.17) is 4.74 Å². The van der Waals surface area contributed by atoms with E-state index in [2.05, 4.69) is 10.3 Å². The third kappa shape index (κ3) is 3.22. The number of ether oxygens (including phenoxy) is 1. The minimum Gasteiger partial charge on any atom is -0.495 e. The summed E-state index contributed by atoms with van der Waals surface area (Å²) in [7, 11) is 1.55. The Labute approximate surface area is 140 Å². The molecule has 118 valence electrons. The number of aromatic nitrogens is 2. The number of fused-ring (bicyclic) bond motifs is 1. The summed E-state index contributed by atoms with van der Waals surface area (Å²) in [6.45, 7) is 0. The van der Waals surface area contributed by atoms with Gasteiger partial charge in [0.25, 0.3) is 0 Å². The van der Waals surface area contributed by atoms with Crippen LogP contribution in [0.4, 0.5) is 5.69 Å². The SMILES string of the molecule is COc1ccccc1NC(=O)CSc1nc2sccn2c1C=O. The molecule has 2 heterocycles. The van der Waals surface area contributed by atoms with Crippen LogP contribution in [0.3, 0.4) is 0 Å². The van der Waals surface area contributed by atoms with Crippen LogP contribution >= 0.6 is 23.1 Å². The Morgan fingerprint density at radius 1 is 1.48 bits per heavy atom. The monoisotopic (exact) mass is 347 g/mol.